The number of fused-ring (bicyclic) bond motifs is 2. The minimum Gasteiger partial charge on any atom is -0.464 e. The van der Waals surface area contributed by atoms with Gasteiger partial charge in [0.1, 0.15) is 12.1 Å². The van der Waals surface area contributed by atoms with Gasteiger partial charge in [0.05, 0.1) is 6.26 Å². The number of thioether (sulfide) groups is 1. The molecule has 7 nitrogen and oxygen atoms in total. The van der Waals surface area contributed by atoms with Gasteiger partial charge in [0.15, 0.2) is 22.1 Å². The number of benzene rings is 1. The van der Waals surface area contributed by atoms with Crippen LogP contribution in [0.4, 0.5) is 5.82 Å². The Morgan fingerprint density at radius 1 is 1.31 bits per heavy atom. The van der Waals surface area contributed by atoms with Crippen LogP contribution in [0.15, 0.2) is 56.2 Å². The molecule has 3 N–H and O–H groups in total. The van der Waals surface area contributed by atoms with Crippen molar-refractivity contribution in [3.63, 3.8) is 0 Å². The Kier molecular flexibility index (Phi) is 6.12. The molecular weight excluding hydrogens is 440 g/mol. The zero-order valence-corrected chi connectivity index (χ0v) is 19.8. The zero-order chi connectivity index (χ0) is 22.1. The molecule has 4 aromatic rings. The Balaban J connectivity index is 1.54. The van der Waals surface area contributed by atoms with Crippen LogP contribution >= 0.6 is 23.5 Å². The van der Waals surface area contributed by atoms with Crippen molar-refractivity contribution in [2.45, 2.75) is 54.2 Å². The van der Waals surface area contributed by atoms with E-state index in [1.165, 1.54) is 16.8 Å². The van der Waals surface area contributed by atoms with Crippen LogP contribution in [0.5, 0.6) is 0 Å². The smallest absolute Gasteiger partial charge is 0.175 e. The van der Waals surface area contributed by atoms with Crippen LogP contribution in [0, 0.1) is 0 Å². The van der Waals surface area contributed by atoms with Crippen molar-refractivity contribution in [3.05, 3.63) is 42.4 Å². The van der Waals surface area contributed by atoms with Gasteiger partial charge in [0, 0.05) is 33.7 Å². The van der Waals surface area contributed by atoms with Gasteiger partial charge in [-0.25, -0.2) is 15.0 Å². The second-order valence-corrected chi connectivity index (χ2v) is 10.2. The Bertz CT molecular complexity index is 1240. The highest BCUT2D eigenvalue weighted by atomic mass is 32.2. The van der Waals surface area contributed by atoms with Crippen molar-refractivity contribution in [1.29, 1.82) is 0 Å². The largest absolute Gasteiger partial charge is 0.464 e. The van der Waals surface area contributed by atoms with Gasteiger partial charge in [0.25, 0.3) is 0 Å². The van der Waals surface area contributed by atoms with Gasteiger partial charge in [-0.3, -0.25) is 0 Å². The summed E-state index contributed by atoms with van der Waals surface area (Å²) >= 11 is 3.55. The average molecular weight is 467 g/mol. The number of imidazole rings is 1. The molecule has 4 heterocycles. The lowest BCUT2D eigenvalue weighted by Crippen LogP contribution is -2.24. The number of rotatable bonds is 8. The maximum Gasteiger partial charge on any atom is 0.175 e. The van der Waals surface area contributed by atoms with Gasteiger partial charge in [-0.2, -0.15) is 0 Å². The van der Waals surface area contributed by atoms with Gasteiger partial charge in [-0.05, 0) is 49.2 Å². The maximum atomic E-state index is 6.14. The Hall–Kier alpha value is -2.49. The first-order valence-corrected chi connectivity index (χ1v) is 12.6. The second kappa shape index (κ2) is 9.17. The predicted molar refractivity (Wildman–Crippen MR) is 130 cm³/mol. The Morgan fingerprint density at radius 3 is 3.03 bits per heavy atom. The summed E-state index contributed by atoms with van der Waals surface area (Å²) in [4.78, 5) is 16.0. The molecule has 1 aliphatic rings. The molecule has 0 saturated carbocycles. The van der Waals surface area contributed by atoms with Crippen LogP contribution in [0.3, 0.4) is 0 Å². The number of hydrogen-bond donors (Lipinski definition) is 2. The minimum absolute atomic E-state index is 0.410. The van der Waals surface area contributed by atoms with E-state index in [1.54, 1.807) is 18.0 Å². The fourth-order valence-corrected chi connectivity index (χ4v) is 6.03. The van der Waals surface area contributed by atoms with Crippen LogP contribution in [0.25, 0.3) is 22.5 Å². The summed E-state index contributed by atoms with van der Waals surface area (Å²) in [5, 5.41) is 4.35. The molecular formula is C23H26N6OS2. The van der Waals surface area contributed by atoms with E-state index < -0.39 is 0 Å². The molecule has 0 radical (unpaired) electrons. The van der Waals surface area contributed by atoms with Crippen LogP contribution in [0.2, 0.25) is 0 Å². The standard InChI is InChI=1S/C23H26N6OS2/c1-14(2)25-7-4-8-29-22-20(21(24)26-13-27-22)28-23(29)32-19-11-15-6-10-31-18(15)12-16(19)17-5-3-9-30-17/h3,5,9,11-14,25H,4,6-8,10H2,1-2H3,(H2,24,26,27). The molecule has 0 atom stereocenters. The van der Waals surface area contributed by atoms with E-state index in [1.807, 2.05) is 23.9 Å². The first-order chi connectivity index (χ1) is 15.6. The Morgan fingerprint density at radius 2 is 2.22 bits per heavy atom. The van der Waals surface area contributed by atoms with Gasteiger partial charge < -0.3 is 20.0 Å². The summed E-state index contributed by atoms with van der Waals surface area (Å²) in [6.07, 6.45) is 5.28. The first kappa shape index (κ1) is 21.4. The number of furan rings is 1. The van der Waals surface area contributed by atoms with Gasteiger partial charge in [-0.1, -0.05) is 25.6 Å². The summed E-state index contributed by atoms with van der Waals surface area (Å²) in [7, 11) is 0. The van der Waals surface area contributed by atoms with Gasteiger partial charge in [-0.15, -0.1) is 11.8 Å². The number of aryl methyl sites for hydroxylation is 2. The van der Waals surface area contributed by atoms with E-state index in [0.29, 0.717) is 17.4 Å². The van der Waals surface area contributed by atoms with Crippen LogP contribution < -0.4 is 11.1 Å². The van der Waals surface area contributed by atoms with Crippen molar-refractivity contribution >= 4 is 40.5 Å². The third-order valence-corrected chi connectivity index (χ3v) is 7.57. The van der Waals surface area contributed by atoms with Crippen molar-refractivity contribution in [1.82, 2.24) is 24.8 Å². The number of nitrogens with one attached hydrogen (secondary N) is 1. The molecule has 9 heteroatoms. The molecule has 0 aliphatic carbocycles. The van der Waals surface area contributed by atoms with Crippen LogP contribution in [0.1, 0.15) is 25.8 Å². The van der Waals surface area contributed by atoms with E-state index in [0.717, 1.165) is 58.7 Å². The highest BCUT2D eigenvalue weighted by Gasteiger charge is 2.21. The second-order valence-electron chi connectivity index (χ2n) is 8.07. The molecule has 0 amide bonds. The molecule has 1 aromatic carbocycles. The summed E-state index contributed by atoms with van der Waals surface area (Å²) in [5.41, 5.74) is 10.1. The summed E-state index contributed by atoms with van der Waals surface area (Å²) < 4.78 is 7.93. The number of hydrogen-bond acceptors (Lipinski definition) is 8. The molecule has 0 spiro atoms. The number of aromatic nitrogens is 4. The lowest BCUT2D eigenvalue weighted by atomic mass is 10.1. The lowest BCUT2D eigenvalue weighted by molar-refractivity contribution is 0.525. The van der Waals surface area contributed by atoms with Crippen LogP contribution in [-0.4, -0.2) is 37.9 Å². The first-order valence-electron chi connectivity index (χ1n) is 10.8. The molecule has 32 heavy (non-hydrogen) atoms. The molecule has 0 unspecified atom stereocenters. The number of nitrogen functional groups attached to an aromatic ring is 1. The average Bonchev–Trinajstić information content (AvgIpc) is 3.51. The zero-order valence-electron chi connectivity index (χ0n) is 18.2. The van der Waals surface area contributed by atoms with Crippen molar-refractivity contribution in [2.75, 3.05) is 18.0 Å². The number of anilines is 1. The molecule has 0 fully saturated rings. The fourth-order valence-electron chi connectivity index (χ4n) is 3.85. The molecule has 0 bridgehead atoms. The van der Waals surface area contributed by atoms with E-state index >= 15 is 0 Å². The van der Waals surface area contributed by atoms with E-state index in [9.17, 15) is 0 Å². The Labute approximate surface area is 195 Å². The third-order valence-electron chi connectivity index (χ3n) is 5.42. The topological polar surface area (TPSA) is 94.8 Å². The molecule has 3 aromatic heterocycles. The number of nitrogens with two attached hydrogens (primary N) is 1. The van der Waals surface area contributed by atoms with Crippen molar-refractivity contribution in [3.8, 4) is 11.3 Å². The molecule has 1 aliphatic heterocycles. The van der Waals surface area contributed by atoms with Gasteiger partial charge in [0.2, 0.25) is 0 Å². The van der Waals surface area contributed by atoms with E-state index in [2.05, 4.69) is 45.8 Å². The fraction of sp³-hybridized carbons (Fsp3) is 0.348. The van der Waals surface area contributed by atoms with Crippen molar-refractivity contribution in [2.24, 2.45) is 0 Å². The highest BCUT2D eigenvalue weighted by Crippen LogP contribution is 2.43. The van der Waals surface area contributed by atoms with Crippen molar-refractivity contribution < 1.29 is 4.42 Å². The SMILES string of the molecule is CC(C)NCCCn1c(Sc2cc3c(cc2-c2ccco2)SCC3)nc2c(N)ncnc21. The third kappa shape index (κ3) is 4.24. The predicted octanol–water partition coefficient (Wildman–Crippen LogP) is 4.86. The lowest BCUT2D eigenvalue weighted by Gasteiger charge is -2.13. The quantitative estimate of drug-likeness (QED) is 0.356. The maximum absolute atomic E-state index is 6.14. The highest BCUT2D eigenvalue weighted by molar-refractivity contribution is 8.00. The monoisotopic (exact) mass is 466 g/mol. The summed E-state index contributed by atoms with van der Waals surface area (Å²) in [5.74, 6) is 2.40. The normalized spacial score (nSPS) is 13.3. The van der Waals surface area contributed by atoms with Crippen LogP contribution in [-0.2, 0) is 13.0 Å². The molecule has 166 valence electrons. The summed E-state index contributed by atoms with van der Waals surface area (Å²) in [6.45, 7) is 6.04. The molecule has 5 rings (SSSR count). The molecule has 0 saturated heterocycles. The number of nitrogens with zero attached hydrogens (tertiary/aromatic N) is 4. The minimum atomic E-state index is 0.410. The van der Waals surface area contributed by atoms with E-state index in [4.69, 9.17) is 15.1 Å². The summed E-state index contributed by atoms with van der Waals surface area (Å²) in [6, 6.07) is 8.94. The van der Waals surface area contributed by atoms with E-state index in [-0.39, 0.29) is 0 Å². The van der Waals surface area contributed by atoms with Gasteiger partial charge >= 0.3 is 0 Å².